The molecule has 0 spiro atoms. The summed E-state index contributed by atoms with van der Waals surface area (Å²) >= 11 is 3.44. The molecule has 0 bridgehead atoms. The number of ether oxygens (including phenoxy) is 2. The Morgan fingerprint density at radius 3 is 2.62 bits per heavy atom. The molecule has 0 aliphatic carbocycles. The van der Waals surface area contributed by atoms with Crippen molar-refractivity contribution < 1.29 is 19.1 Å². The number of aryl methyl sites for hydroxylation is 1. The van der Waals surface area contributed by atoms with Crippen molar-refractivity contribution in [1.82, 2.24) is 10.3 Å². The number of nitrogens with one attached hydrogen (secondary N) is 1. The van der Waals surface area contributed by atoms with Crippen molar-refractivity contribution in [2.75, 3.05) is 32.9 Å². The maximum Gasteiger partial charge on any atom is 0.271 e. The molecule has 0 unspecified atom stereocenters. The second kappa shape index (κ2) is 10.2. The number of morpholine rings is 1. The zero-order valence-corrected chi connectivity index (χ0v) is 17.6. The number of benzene rings is 2. The molecule has 1 aliphatic heterocycles. The summed E-state index contributed by atoms with van der Waals surface area (Å²) in [6, 6.07) is 12.6. The van der Waals surface area contributed by atoms with Gasteiger partial charge in [0.15, 0.2) is 6.61 Å². The van der Waals surface area contributed by atoms with E-state index in [1.807, 2.05) is 19.1 Å². The van der Waals surface area contributed by atoms with Gasteiger partial charge in [-0.1, -0.05) is 17.7 Å². The number of amides is 2. The lowest BCUT2D eigenvalue weighted by molar-refractivity contribution is -0.137. The van der Waals surface area contributed by atoms with Crippen LogP contribution in [0.3, 0.4) is 0 Å². The minimum atomic E-state index is -0.276. The second-order valence-corrected chi connectivity index (χ2v) is 7.39. The van der Waals surface area contributed by atoms with E-state index in [0.717, 1.165) is 11.1 Å². The molecule has 2 aromatic carbocycles. The standard InChI is InChI=1S/C21H22BrN3O4/c1-15-2-5-17(6-3-15)21(27)24-23-13-16-4-7-19(18(22)12-16)29-14-20(26)25-8-10-28-11-9-25/h2-7,12-13H,8-11,14H2,1H3,(H,24,27)/b23-13-. The number of carbonyl (C=O) groups is 2. The summed E-state index contributed by atoms with van der Waals surface area (Å²) in [5.74, 6) is 0.221. The van der Waals surface area contributed by atoms with Crippen LogP contribution in [-0.2, 0) is 9.53 Å². The number of nitrogens with zero attached hydrogens (tertiary/aromatic N) is 2. The molecule has 1 N–H and O–H groups in total. The van der Waals surface area contributed by atoms with Gasteiger partial charge in [0, 0.05) is 18.7 Å². The zero-order chi connectivity index (χ0) is 20.6. The van der Waals surface area contributed by atoms with Crippen LogP contribution in [0.15, 0.2) is 52.0 Å². The molecule has 1 aliphatic rings. The summed E-state index contributed by atoms with van der Waals surface area (Å²) in [6.07, 6.45) is 1.54. The molecule has 2 aromatic rings. The van der Waals surface area contributed by atoms with Crippen LogP contribution in [0.2, 0.25) is 0 Å². The fourth-order valence-corrected chi connectivity index (χ4v) is 3.20. The molecule has 0 saturated carbocycles. The Labute approximate surface area is 177 Å². The predicted molar refractivity (Wildman–Crippen MR) is 113 cm³/mol. The molecule has 1 saturated heterocycles. The van der Waals surface area contributed by atoms with Gasteiger partial charge in [-0.05, 0) is 58.7 Å². The average Bonchev–Trinajstić information content (AvgIpc) is 2.74. The molecule has 29 heavy (non-hydrogen) atoms. The third-order valence-corrected chi connectivity index (χ3v) is 4.98. The summed E-state index contributed by atoms with van der Waals surface area (Å²) in [5.41, 5.74) is 4.90. The van der Waals surface area contributed by atoms with E-state index in [2.05, 4.69) is 26.5 Å². The van der Waals surface area contributed by atoms with Crippen LogP contribution in [-0.4, -0.2) is 55.8 Å². The number of hydrogen-bond acceptors (Lipinski definition) is 5. The van der Waals surface area contributed by atoms with Crippen molar-refractivity contribution >= 4 is 34.0 Å². The van der Waals surface area contributed by atoms with Gasteiger partial charge in [-0.3, -0.25) is 9.59 Å². The van der Waals surface area contributed by atoms with Crippen LogP contribution >= 0.6 is 15.9 Å². The molecule has 152 valence electrons. The Morgan fingerprint density at radius 1 is 1.21 bits per heavy atom. The van der Waals surface area contributed by atoms with Gasteiger partial charge in [0.25, 0.3) is 11.8 Å². The maximum absolute atomic E-state index is 12.2. The Bertz CT molecular complexity index is 893. The Morgan fingerprint density at radius 2 is 1.93 bits per heavy atom. The highest BCUT2D eigenvalue weighted by Crippen LogP contribution is 2.25. The summed E-state index contributed by atoms with van der Waals surface area (Å²) < 4.78 is 11.6. The van der Waals surface area contributed by atoms with E-state index >= 15 is 0 Å². The number of hydrogen-bond donors (Lipinski definition) is 1. The minimum Gasteiger partial charge on any atom is -0.483 e. The van der Waals surface area contributed by atoms with E-state index in [-0.39, 0.29) is 18.4 Å². The topological polar surface area (TPSA) is 80.2 Å². The minimum absolute atomic E-state index is 0.0291. The van der Waals surface area contributed by atoms with Gasteiger partial charge in [-0.2, -0.15) is 5.10 Å². The molecule has 1 fully saturated rings. The lowest BCUT2D eigenvalue weighted by Gasteiger charge is -2.26. The van der Waals surface area contributed by atoms with Crippen molar-refractivity contribution in [3.8, 4) is 5.75 Å². The van der Waals surface area contributed by atoms with Crippen LogP contribution in [0.25, 0.3) is 0 Å². The van der Waals surface area contributed by atoms with Crippen LogP contribution in [0.4, 0.5) is 0 Å². The molecule has 0 aromatic heterocycles. The number of carbonyl (C=O) groups excluding carboxylic acids is 2. The first-order valence-corrected chi connectivity index (χ1v) is 10.00. The van der Waals surface area contributed by atoms with E-state index < -0.39 is 0 Å². The molecular weight excluding hydrogens is 438 g/mol. The first kappa shape index (κ1) is 21.0. The van der Waals surface area contributed by atoms with E-state index in [0.29, 0.717) is 42.1 Å². The monoisotopic (exact) mass is 459 g/mol. The third kappa shape index (κ3) is 6.13. The van der Waals surface area contributed by atoms with Gasteiger partial charge in [0.2, 0.25) is 0 Å². The fraction of sp³-hybridized carbons (Fsp3) is 0.286. The molecule has 2 amide bonds. The average molecular weight is 460 g/mol. The van der Waals surface area contributed by atoms with Crippen LogP contribution < -0.4 is 10.2 Å². The van der Waals surface area contributed by atoms with Crippen LogP contribution in [0.1, 0.15) is 21.5 Å². The first-order chi connectivity index (χ1) is 14.0. The van der Waals surface area contributed by atoms with Gasteiger partial charge < -0.3 is 14.4 Å². The molecule has 8 heteroatoms. The highest BCUT2D eigenvalue weighted by molar-refractivity contribution is 9.10. The van der Waals surface area contributed by atoms with Gasteiger partial charge in [-0.15, -0.1) is 0 Å². The summed E-state index contributed by atoms with van der Waals surface area (Å²) in [5, 5.41) is 3.99. The van der Waals surface area contributed by atoms with Crippen molar-refractivity contribution in [2.24, 2.45) is 5.10 Å². The molecule has 7 nitrogen and oxygen atoms in total. The number of hydrazone groups is 1. The van der Waals surface area contributed by atoms with Crippen molar-refractivity contribution in [3.63, 3.8) is 0 Å². The van der Waals surface area contributed by atoms with Gasteiger partial charge >= 0.3 is 0 Å². The molecule has 3 rings (SSSR count). The SMILES string of the molecule is Cc1ccc(C(=O)N/N=C\c2ccc(OCC(=O)N3CCOCC3)c(Br)c2)cc1. The first-order valence-electron chi connectivity index (χ1n) is 9.21. The summed E-state index contributed by atoms with van der Waals surface area (Å²) in [7, 11) is 0. The van der Waals surface area contributed by atoms with E-state index in [1.54, 1.807) is 41.4 Å². The summed E-state index contributed by atoms with van der Waals surface area (Å²) in [4.78, 5) is 25.9. The van der Waals surface area contributed by atoms with Crippen LogP contribution in [0, 0.1) is 6.92 Å². The number of halogens is 1. The second-order valence-electron chi connectivity index (χ2n) is 6.54. The van der Waals surface area contributed by atoms with Gasteiger partial charge in [0.1, 0.15) is 5.75 Å². The molecule has 0 atom stereocenters. The molecular formula is C21H22BrN3O4. The van der Waals surface area contributed by atoms with Gasteiger partial charge in [0.05, 0.1) is 23.9 Å². The number of rotatable bonds is 6. The predicted octanol–water partition coefficient (Wildman–Crippen LogP) is 2.76. The van der Waals surface area contributed by atoms with E-state index in [9.17, 15) is 9.59 Å². The summed E-state index contributed by atoms with van der Waals surface area (Å²) in [6.45, 7) is 4.23. The van der Waals surface area contributed by atoms with Crippen molar-refractivity contribution in [1.29, 1.82) is 0 Å². The normalized spacial score (nSPS) is 14.1. The van der Waals surface area contributed by atoms with Gasteiger partial charge in [-0.25, -0.2) is 5.43 Å². The highest BCUT2D eigenvalue weighted by atomic mass is 79.9. The van der Waals surface area contributed by atoms with Crippen LogP contribution in [0.5, 0.6) is 5.75 Å². The molecule has 0 radical (unpaired) electrons. The largest absolute Gasteiger partial charge is 0.483 e. The zero-order valence-electron chi connectivity index (χ0n) is 16.1. The fourth-order valence-electron chi connectivity index (χ4n) is 2.69. The van der Waals surface area contributed by atoms with E-state index in [4.69, 9.17) is 9.47 Å². The quantitative estimate of drug-likeness (QED) is 0.531. The molecule has 1 heterocycles. The highest BCUT2D eigenvalue weighted by Gasteiger charge is 2.17. The Balaban J connectivity index is 1.52. The third-order valence-electron chi connectivity index (χ3n) is 4.36. The van der Waals surface area contributed by atoms with E-state index in [1.165, 1.54) is 0 Å². The Kier molecular flexibility index (Phi) is 7.37. The van der Waals surface area contributed by atoms with Crippen molar-refractivity contribution in [2.45, 2.75) is 6.92 Å². The lowest BCUT2D eigenvalue weighted by atomic mass is 10.1. The Hall–Kier alpha value is -2.71. The maximum atomic E-state index is 12.2. The smallest absolute Gasteiger partial charge is 0.271 e. The van der Waals surface area contributed by atoms with Crippen molar-refractivity contribution in [3.05, 3.63) is 63.6 Å². The lowest BCUT2D eigenvalue weighted by Crippen LogP contribution is -2.43.